The fraction of sp³-hybridized carbons (Fsp3) is 0.318. The van der Waals surface area contributed by atoms with E-state index < -0.39 is 15.0 Å². The van der Waals surface area contributed by atoms with Crippen LogP contribution in [0, 0.1) is 10.1 Å². The van der Waals surface area contributed by atoms with Crippen LogP contribution in [-0.4, -0.2) is 35.9 Å². The van der Waals surface area contributed by atoms with Gasteiger partial charge in [-0.1, -0.05) is 19.1 Å². The van der Waals surface area contributed by atoms with Gasteiger partial charge in [-0.25, -0.2) is 0 Å². The summed E-state index contributed by atoms with van der Waals surface area (Å²) < 4.78 is 28.1. The van der Waals surface area contributed by atoms with E-state index in [1.807, 2.05) is 13.8 Å². The molecule has 9 heteroatoms. The van der Waals surface area contributed by atoms with Crippen LogP contribution in [0.1, 0.15) is 38.3 Å². The smallest absolute Gasteiger partial charge is 0.308 e. The van der Waals surface area contributed by atoms with Crippen LogP contribution in [0.2, 0.25) is 0 Å². The molecule has 0 spiro atoms. The van der Waals surface area contributed by atoms with Gasteiger partial charge in [0.25, 0.3) is 5.69 Å². The average Bonchev–Trinajstić information content (AvgIpc) is 2.76. The predicted octanol–water partition coefficient (Wildman–Crippen LogP) is 4.16. The third-order valence-corrected chi connectivity index (χ3v) is 5.93. The van der Waals surface area contributed by atoms with Gasteiger partial charge in [0.1, 0.15) is 5.75 Å². The normalized spacial score (nSPS) is 12.5. The molecule has 1 unspecified atom stereocenters. The van der Waals surface area contributed by atoms with Gasteiger partial charge in [-0.3, -0.25) is 14.9 Å². The van der Waals surface area contributed by atoms with Gasteiger partial charge in [0.05, 0.1) is 10.7 Å². The van der Waals surface area contributed by atoms with Crippen LogP contribution in [0.5, 0.6) is 5.75 Å². The minimum Gasteiger partial charge on any atom is -0.382 e. The Morgan fingerprint density at radius 2 is 1.74 bits per heavy atom. The molecule has 0 radical (unpaired) electrons. The Morgan fingerprint density at radius 1 is 1.13 bits per heavy atom. The third-order valence-electron chi connectivity index (χ3n) is 4.78. The molecule has 0 bridgehead atoms. The van der Waals surface area contributed by atoms with Crippen molar-refractivity contribution >= 4 is 27.8 Å². The Bertz CT molecular complexity index is 1030. The molecule has 0 aliphatic carbocycles. The molecule has 31 heavy (non-hydrogen) atoms. The third kappa shape index (κ3) is 7.21. The Hall–Kier alpha value is -3.20. The second kappa shape index (κ2) is 10.7. The van der Waals surface area contributed by atoms with Crippen LogP contribution in [0.4, 0.5) is 5.69 Å². The van der Waals surface area contributed by atoms with Crippen molar-refractivity contribution in [3.63, 3.8) is 0 Å². The zero-order valence-corrected chi connectivity index (χ0v) is 18.5. The Balaban J connectivity index is 2.12. The highest BCUT2D eigenvalue weighted by atomic mass is 32.2. The molecule has 0 N–H and O–H groups in total. The molecule has 0 aromatic heterocycles. The van der Waals surface area contributed by atoms with Crippen molar-refractivity contribution in [3.8, 4) is 5.75 Å². The summed E-state index contributed by atoms with van der Waals surface area (Å²) >= 11 is 0. The van der Waals surface area contributed by atoms with Gasteiger partial charge in [-0.2, -0.15) is 8.42 Å². The number of nitrogens with zero attached hydrogens (tertiary/aromatic N) is 2. The standard InChI is InChI=1S/C22H26N2O6S/c1-4-17(3)23(16-19-8-13-21(14-9-19)30-31(28,29)5-2)22(25)15-10-18-6-11-20(12-7-18)24(26)27/h6-15,17H,4-5,16H2,1-3H3. The topological polar surface area (TPSA) is 107 Å². The Labute approximate surface area is 182 Å². The average molecular weight is 447 g/mol. The number of amides is 1. The predicted molar refractivity (Wildman–Crippen MR) is 119 cm³/mol. The maximum atomic E-state index is 12.8. The van der Waals surface area contributed by atoms with Crippen molar-refractivity contribution in [2.75, 3.05) is 5.75 Å². The van der Waals surface area contributed by atoms with Crippen molar-refractivity contribution < 1.29 is 22.3 Å². The van der Waals surface area contributed by atoms with Crippen molar-refractivity contribution in [2.24, 2.45) is 0 Å². The molecule has 1 atom stereocenters. The van der Waals surface area contributed by atoms with E-state index in [9.17, 15) is 23.3 Å². The quantitative estimate of drug-likeness (QED) is 0.235. The molecule has 2 aromatic rings. The SMILES string of the molecule is CCC(C)N(Cc1ccc(OS(=O)(=O)CC)cc1)C(=O)C=Cc1ccc([N+](=O)[O-])cc1. The molecule has 166 valence electrons. The highest BCUT2D eigenvalue weighted by Crippen LogP contribution is 2.18. The van der Waals surface area contributed by atoms with Crippen molar-refractivity contribution in [1.29, 1.82) is 0 Å². The molecular formula is C22H26N2O6S. The zero-order valence-electron chi connectivity index (χ0n) is 17.7. The van der Waals surface area contributed by atoms with Gasteiger partial charge in [-0.05, 0) is 61.7 Å². The molecular weight excluding hydrogens is 420 g/mol. The van der Waals surface area contributed by atoms with E-state index in [1.165, 1.54) is 25.1 Å². The second-order valence-corrected chi connectivity index (χ2v) is 8.84. The van der Waals surface area contributed by atoms with Gasteiger partial charge in [-0.15, -0.1) is 0 Å². The lowest BCUT2D eigenvalue weighted by Gasteiger charge is -2.27. The number of carbonyl (C=O) groups excluding carboxylic acids is 1. The van der Waals surface area contributed by atoms with E-state index in [0.29, 0.717) is 12.1 Å². The largest absolute Gasteiger partial charge is 0.382 e. The summed E-state index contributed by atoms with van der Waals surface area (Å²) in [4.78, 5) is 24.8. The van der Waals surface area contributed by atoms with Crippen molar-refractivity contribution in [3.05, 3.63) is 75.8 Å². The lowest BCUT2D eigenvalue weighted by atomic mass is 10.1. The zero-order chi connectivity index (χ0) is 23.0. The minimum atomic E-state index is -3.59. The van der Waals surface area contributed by atoms with E-state index in [0.717, 1.165) is 12.0 Å². The van der Waals surface area contributed by atoms with Crippen molar-refractivity contribution in [1.82, 2.24) is 4.90 Å². The summed E-state index contributed by atoms with van der Waals surface area (Å²) in [5.74, 6) is -0.0850. The van der Waals surface area contributed by atoms with E-state index in [1.54, 1.807) is 47.4 Å². The highest BCUT2D eigenvalue weighted by molar-refractivity contribution is 7.87. The molecule has 2 rings (SSSR count). The van der Waals surface area contributed by atoms with Gasteiger partial charge in [0.2, 0.25) is 5.91 Å². The number of benzene rings is 2. The number of carbonyl (C=O) groups is 1. The van der Waals surface area contributed by atoms with Gasteiger partial charge >= 0.3 is 10.1 Å². The molecule has 0 saturated heterocycles. The highest BCUT2D eigenvalue weighted by Gasteiger charge is 2.18. The first-order chi connectivity index (χ1) is 14.6. The van der Waals surface area contributed by atoms with Crippen LogP contribution >= 0.6 is 0 Å². The van der Waals surface area contributed by atoms with Crippen molar-refractivity contribution in [2.45, 2.75) is 39.8 Å². The first-order valence-corrected chi connectivity index (χ1v) is 11.5. The van der Waals surface area contributed by atoms with E-state index in [2.05, 4.69) is 0 Å². The number of non-ortho nitro benzene ring substituents is 1. The first-order valence-electron chi connectivity index (χ1n) is 9.89. The summed E-state index contributed by atoms with van der Waals surface area (Å²) in [5, 5.41) is 10.7. The molecule has 2 aromatic carbocycles. The molecule has 0 saturated carbocycles. The number of rotatable bonds is 10. The lowest BCUT2D eigenvalue weighted by molar-refractivity contribution is -0.384. The summed E-state index contributed by atoms with van der Waals surface area (Å²) in [5.41, 5.74) is 1.50. The van der Waals surface area contributed by atoms with E-state index in [-0.39, 0.29) is 29.1 Å². The lowest BCUT2D eigenvalue weighted by Crippen LogP contribution is -2.36. The summed E-state index contributed by atoms with van der Waals surface area (Å²) in [6.07, 6.45) is 3.82. The monoisotopic (exact) mass is 446 g/mol. The maximum Gasteiger partial charge on any atom is 0.308 e. The number of hydrogen-bond donors (Lipinski definition) is 0. The molecule has 1 amide bonds. The van der Waals surface area contributed by atoms with Gasteiger partial charge < -0.3 is 9.08 Å². The fourth-order valence-electron chi connectivity index (χ4n) is 2.69. The fourth-order valence-corrected chi connectivity index (χ4v) is 3.22. The number of nitro benzene ring substituents is 1. The Kier molecular flexibility index (Phi) is 8.32. The van der Waals surface area contributed by atoms with Gasteiger partial charge in [0, 0.05) is 30.8 Å². The van der Waals surface area contributed by atoms with Crippen LogP contribution in [-0.2, 0) is 21.5 Å². The van der Waals surface area contributed by atoms with Gasteiger partial charge in [0.15, 0.2) is 0 Å². The number of hydrogen-bond acceptors (Lipinski definition) is 6. The summed E-state index contributed by atoms with van der Waals surface area (Å²) in [6, 6.07) is 12.5. The second-order valence-electron chi connectivity index (χ2n) is 6.98. The minimum absolute atomic E-state index is 0.0103. The Morgan fingerprint density at radius 3 is 2.26 bits per heavy atom. The molecule has 0 heterocycles. The molecule has 0 aliphatic heterocycles. The van der Waals surface area contributed by atoms with Crippen LogP contribution in [0.25, 0.3) is 6.08 Å². The summed E-state index contributed by atoms with van der Waals surface area (Å²) in [6.45, 7) is 5.78. The molecule has 0 aliphatic rings. The van der Waals surface area contributed by atoms with E-state index >= 15 is 0 Å². The molecule has 8 nitrogen and oxygen atoms in total. The first kappa shape index (κ1) is 24.1. The van der Waals surface area contributed by atoms with Crippen LogP contribution < -0.4 is 4.18 Å². The molecule has 0 fully saturated rings. The van der Waals surface area contributed by atoms with E-state index in [4.69, 9.17) is 4.18 Å². The van der Waals surface area contributed by atoms with Crippen LogP contribution in [0.15, 0.2) is 54.6 Å². The number of nitro groups is 1. The van der Waals surface area contributed by atoms with Crippen LogP contribution in [0.3, 0.4) is 0 Å². The summed E-state index contributed by atoms with van der Waals surface area (Å²) in [7, 11) is -3.59. The maximum absolute atomic E-state index is 12.8.